The van der Waals surface area contributed by atoms with Gasteiger partial charge in [0.1, 0.15) is 13.2 Å². The molecule has 6 nitrogen and oxygen atoms in total. The smallest absolute Gasteiger partial charge is 0.306 e. The molecule has 69 heavy (non-hydrogen) atoms. The van der Waals surface area contributed by atoms with Gasteiger partial charge in [0.2, 0.25) is 0 Å². The summed E-state index contributed by atoms with van der Waals surface area (Å²) >= 11 is 0. The number of hydrogen-bond acceptors (Lipinski definition) is 6. The summed E-state index contributed by atoms with van der Waals surface area (Å²) in [7, 11) is 0. The number of esters is 3. The number of rotatable bonds is 54. The van der Waals surface area contributed by atoms with E-state index in [0.717, 1.165) is 83.5 Å². The van der Waals surface area contributed by atoms with E-state index in [0.29, 0.717) is 19.3 Å². The summed E-state index contributed by atoms with van der Waals surface area (Å²) in [6.07, 6.45) is 72.1. The quantitative estimate of drug-likeness (QED) is 0.0262. The number of unbranched alkanes of at least 4 members (excludes halogenated alkanes) is 33. The van der Waals surface area contributed by atoms with E-state index in [2.05, 4.69) is 81.5 Å². The van der Waals surface area contributed by atoms with Crippen LogP contribution in [0.3, 0.4) is 0 Å². The van der Waals surface area contributed by atoms with Crippen molar-refractivity contribution >= 4 is 17.9 Å². The van der Waals surface area contributed by atoms with Crippen molar-refractivity contribution in [1.29, 1.82) is 0 Å². The Kier molecular flexibility index (Phi) is 55.3. The van der Waals surface area contributed by atoms with Crippen LogP contribution in [0.1, 0.15) is 303 Å². The summed E-state index contributed by atoms with van der Waals surface area (Å²) in [6.45, 7) is 6.60. The zero-order chi connectivity index (χ0) is 50.0. The molecule has 0 heterocycles. The molecule has 6 heteroatoms. The van der Waals surface area contributed by atoms with Crippen molar-refractivity contribution < 1.29 is 28.6 Å². The van der Waals surface area contributed by atoms with Crippen molar-refractivity contribution in [2.24, 2.45) is 0 Å². The van der Waals surface area contributed by atoms with E-state index in [4.69, 9.17) is 14.2 Å². The first kappa shape index (κ1) is 66.1. The molecule has 0 aromatic heterocycles. The topological polar surface area (TPSA) is 78.9 Å². The molecular weight excluding hydrogens is 853 g/mol. The van der Waals surface area contributed by atoms with Gasteiger partial charge in [0, 0.05) is 19.3 Å². The molecule has 1 unspecified atom stereocenters. The van der Waals surface area contributed by atoms with Crippen LogP contribution in [0.15, 0.2) is 60.8 Å². The molecule has 0 N–H and O–H groups in total. The Morgan fingerprint density at radius 3 is 0.870 bits per heavy atom. The maximum Gasteiger partial charge on any atom is 0.306 e. The normalized spacial score (nSPS) is 12.4. The highest BCUT2D eigenvalue weighted by Gasteiger charge is 2.19. The lowest BCUT2D eigenvalue weighted by molar-refractivity contribution is -0.167. The maximum absolute atomic E-state index is 12.9. The zero-order valence-corrected chi connectivity index (χ0v) is 45.8. The largest absolute Gasteiger partial charge is 0.462 e. The summed E-state index contributed by atoms with van der Waals surface area (Å²) in [4.78, 5) is 38.2. The van der Waals surface area contributed by atoms with Crippen molar-refractivity contribution in [3.8, 4) is 0 Å². The second-order valence-corrected chi connectivity index (χ2v) is 19.9. The molecular formula is C63H112O6. The molecule has 1 atom stereocenters. The molecule has 0 bridgehead atoms. The number of ether oxygens (including phenoxy) is 3. The lowest BCUT2D eigenvalue weighted by Gasteiger charge is -2.18. The molecule has 0 aromatic rings. The predicted octanol–water partition coefficient (Wildman–Crippen LogP) is 20.0. The van der Waals surface area contributed by atoms with Gasteiger partial charge in [0.05, 0.1) is 0 Å². The molecule has 0 aliphatic rings. The molecule has 0 spiro atoms. The van der Waals surface area contributed by atoms with Gasteiger partial charge in [-0.2, -0.15) is 0 Å². The van der Waals surface area contributed by atoms with E-state index in [-0.39, 0.29) is 31.1 Å². The Labute approximate surface area is 428 Å². The molecule has 0 rings (SSSR count). The van der Waals surface area contributed by atoms with Crippen LogP contribution in [-0.4, -0.2) is 37.2 Å². The highest BCUT2D eigenvalue weighted by molar-refractivity contribution is 5.71. The third kappa shape index (κ3) is 55.9. The minimum atomic E-state index is -0.784. The van der Waals surface area contributed by atoms with Crippen molar-refractivity contribution in [2.75, 3.05) is 13.2 Å². The number of allylic oxidation sites excluding steroid dienone is 10. The Bertz CT molecular complexity index is 1250. The van der Waals surface area contributed by atoms with Crippen LogP contribution in [0.4, 0.5) is 0 Å². The van der Waals surface area contributed by atoms with E-state index in [1.807, 2.05) is 0 Å². The summed E-state index contributed by atoms with van der Waals surface area (Å²) in [6, 6.07) is 0. The summed E-state index contributed by atoms with van der Waals surface area (Å²) < 4.78 is 16.9. The molecule has 0 aromatic carbocycles. The monoisotopic (exact) mass is 965 g/mol. The average Bonchev–Trinajstić information content (AvgIpc) is 3.35. The van der Waals surface area contributed by atoms with E-state index in [1.54, 1.807) is 0 Å². The summed E-state index contributed by atoms with van der Waals surface area (Å²) in [5, 5.41) is 0. The zero-order valence-electron chi connectivity index (χ0n) is 45.8. The molecule has 0 saturated carbocycles. The van der Waals surface area contributed by atoms with Crippen LogP contribution in [0.5, 0.6) is 0 Å². The average molecular weight is 966 g/mol. The highest BCUT2D eigenvalue weighted by Crippen LogP contribution is 2.15. The molecule has 0 amide bonds. The Morgan fingerprint density at radius 1 is 0.290 bits per heavy atom. The minimum absolute atomic E-state index is 0.0825. The van der Waals surface area contributed by atoms with Crippen molar-refractivity contribution in [1.82, 2.24) is 0 Å². The standard InChI is InChI=1S/C63H112O6/c1-4-7-10-13-16-19-22-25-27-29-31-33-35-38-41-44-47-50-53-56-62(65)68-59-60(58-67-61(64)55-52-49-46-43-40-37-24-21-18-15-12-9-6-3)69-63(66)57-54-51-48-45-42-39-36-34-32-30-28-26-23-20-17-14-11-8-5-2/h16,19,21,24-28,31,33,60H,4-15,17-18,20,22-23,29-30,32,34-59H2,1-3H3/b19-16-,24-21-,27-25-,28-26-,33-31-. The fourth-order valence-corrected chi connectivity index (χ4v) is 8.44. The number of carbonyl (C=O) groups excluding carboxylic acids is 3. The van der Waals surface area contributed by atoms with Crippen LogP contribution >= 0.6 is 0 Å². The first-order chi connectivity index (χ1) is 34.0. The van der Waals surface area contributed by atoms with Crippen LogP contribution < -0.4 is 0 Å². The van der Waals surface area contributed by atoms with Gasteiger partial charge in [0.25, 0.3) is 0 Å². The van der Waals surface area contributed by atoms with Gasteiger partial charge >= 0.3 is 17.9 Å². The van der Waals surface area contributed by atoms with Crippen LogP contribution in [-0.2, 0) is 28.6 Å². The number of hydrogen-bond donors (Lipinski definition) is 0. The van der Waals surface area contributed by atoms with Gasteiger partial charge in [-0.15, -0.1) is 0 Å². The van der Waals surface area contributed by atoms with E-state index in [1.165, 1.54) is 180 Å². The molecule has 0 radical (unpaired) electrons. The molecule has 0 fully saturated rings. The van der Waals surface area contributed by atoms with Crippen molar-refractivity contribution in [3.63, 3.8) is 0 Å². The van der Waals surface area contributed by atoms with Crippen molar-refractivity contribution in [3.05, 3.63) is 60.8 Å². The first-order valence-electron chi connectivity index (χ1n) is 29.8. The first-order valence-corrected chi connectivity index (χ1v) is 29.8. The van der Waals surface area contributed by atoms with Gasteiger partial charge in [0.15, 0.2) is 6.10 Å². The van der Waals surface area contributed by atoms with E-state index < -0.39 is 6.10 Å². The lowest BCUT2D eigenvalue weighted by Crippen LogP contribution is -2.30. The van der Waals surface area contributed by atoms with Gasteiger partial charge in [-0.3, -0.25) is 14.4 Å². The Balaban J connectivity index is 4.38. The Hall–Kier alpha value is -2.89. The fourth-order valence-electron chi connectivity index (χ4n) is 8.44. The fraction of sp³-hybridized carbons (Fsp3) is 0.794. The van der Waals surface area contributed by atoms with Crippen LogP contribution in [0.2, 0.25) is 0 Å². The molecule has 0 aliphatic heterocycles. The van der Waals surface area contributed by atoms with Crippen molar-refractivity contribution in [2.45, 2.75) is 309 Å². The number of carbonyl (C=O) groups is 3. The van der Waals surface area contributed by atoms with Gasteiger partial charge in [-0.25, -0.2) is 0 Å². The third-order valence-corrected chi connectivity index (χ3v) is 13.0. The second-order valence-electron chi connectivity index (χ2n) is 19.9. The van der Waals surface area contributed by atoms with Gasteiger partial charge in [-0.05, 0) is 109 Å². The SMILES string of the molecule is CCCCC/C=C\C/C=C\C/C=C\CCCCCCCCC(=O)OCC(COC(=O)CCCCCCC/C=C\CCCCCC)OC(=O)CCCCCCCCCCC/C=C\CCCCCCCC. The summed E-state index contributed by atoms with van der Waals surface area (Å²) in [5.74, 6) is -0.893. The molecule has 0 saturated heterocycles. The predicted molar refractivity (Wildman–Crippen MR) is 298 cm³/mol. The second kappa shape index (κ2) is 57.7. The maximum atomic E-state index is 12.9. The van der Waals surface area contributed by atoms with Crippen LogP contribution in [0.25, 0.3) is 0 Å². The molecule has 0 aliphatic carbocycles. The Morgan fingerprint density at radius 2 is 0.522 bits per heavy atom. The highest BCUT2D eigenvalue weighted by atomic mass is 16.6. The van der Waals surface area contributed by atoms with Crippen LogP contribution in [0, 0.1) is 0 Å². The summed E-state index contributed by atoms with van der Waals surface area (Å²) in [5.41, 5.74) is 0. The van der Waals surface area contributed by atoms with E-state index in [9.17, 15) is 14.4 Å². The molecule has 400 valence electrons. The van der Waals surface area contributed by atoms with Gasteiger partial charge < -0.3 is 14.2 Å². The van der Waals surface area contributed by atoms with E-state index >= 15 is 0 Å². The lowest BCUT2D eigenvalue weighted by atomic mass is 10.1. The minimum Gasteiger partial charge on any atom is -0.462 e. The third-order valence-electron chi connectivity index (χ3n) is 13.0. The van der Waals surface area contributed by atoms with Gasteiger partial charge in [-0.1, -0.05) is 236 Å².